The van der Waals surface area contributed by atoms with E-state index in [9.17, 15) is 9.59 Å². The van der Waals surface area contributed by atoms with Gasteiger partial charge in [-0.15, -0.1) is 0 Å². The van der Waals surface area contributed by atoms with E-state index in [0.717, 1.165) is 38.7 Å². The average molecular weight is 310 g/mol. The summed E-state index contributed by atoms with van der Waals surface area (Å²) in [5, 5.41) is 2.97. The second-order valence-electron chi connectivity index (χ2n) is 6.85. The molecule has 2 heterocycles. The van der Waals surface area contributed by atoms with Crippen molar-refractivity contribution < 1.29 is 14.3 Å². The number of nitrogens with zero attached hydrogens (tertiary/aromatic N) is 1. The molecule has 0 aliphatic carbocycles. The number of hydrogen-bond donors (Lipinski definition) is 1. The van der Waals surface area contributed by atoms with Gasteiger partial charge in [0.1, 0.15) is 0 Å². The molecule has 0 spiro atoms. The van der Waals surface area contributed by atoms with E-state index < -0.39 is 0 Å². The van der Waals surface area contributed by atoms with Crippen LogP contribution in [0.2, 0.25) is 0 Å². The zero-order valence-corrected chi connectivity index (χ0v) is 14.0. The highest BCUT2D eigenvalue weighted by Crippen LogP contribution is 2.21. The van der Waals surface area contributed by atoms with Gasteiger partial charge in [-0.1, -0.05) is 0 Å². The van der Waals surface area contributed by atoms with Crippen LogP contribution in [0.25, 0.3) is 0 Å². The van der Waals surface area contributed by atoms with Gasteiger partial charge in [0.05, 0.1) is 6.10 Å². The van der Waals surface area contributed by atoms with E-state index in [1.807, 2.05) is 18.7 Å². The lowest BCUT2D eigenvalue weighted by Gasteiger charge is -2.32. The topological polar surface area (TPSA) is 58.6 Å². The van der Waals surface area contributed by atoms with Crippen LogP contribution in [0, 0.1) is 5.92 Å². The molecule has 1 unspecified atom stereocenters. The minimum atomic E-state index is 0.0631. The van der Waals surface area contributed by atoms with Crippen LogP contribution in [-0.2, 0) is 14.3 Å². The molecular formula is C17H30N2O3. The molecule has 0 saturated carbocycles. The van der Waals surface area contributed by atoms with E-state index in [4.69, 9.17) is 4.74 Å². The molecule has 2 rings (SSSR count). The van der Waals surface area contributed by atoms with Crippen LogP contribution in [0.15, 0.2) is 0 Å². The van der Waals surface area contributed by atoms with Gasteiger partial charge >= 0.3 is 0 Å². The molecule has 0 aromatic heterocycles. The van der Waals surface area contributed by atoms with Crippen LogP contribution in [0.1, 0.15) is 58.8 Å². The van der Waals surface area contributed by atoms with Crippen molar-refractivity contribution in [3.63, 3.8) is 0 Å². The van der Waals surface area contributed by atoms with Gasteiger partial charge in [0.15, 0.2) is 0 Å². The Morgan fingerprint density at radius 2 is 1.91 bits per heavy atom. The smallest absolute Gasteiger partial charge is 0.223 e. The van der Waals surface area contributed by atoms with Gasteiger partial charge in [0.25, 0.3) is 0 Å². The molecule has 1 atom stereocenters. The maximum atomic E-state index is 12.3. The first-order chi connectivity index (χ1) is 10.6. The fraction of sp³-hybridized carbons (Fsp3) is 0.882. The lowest BCUT2D eigenvalue weighted by Crippen LogP contribution is -2.44. The molecule has 5 heteroatoms. The van der Waals surface area contributed by atoms with Crippen molar-refractivity contribution in [3.8, 4) is 0 Å². The van der Waals surface area contributed by atoms with Crippen molar-refractivity contribution in [2.24, 2.45) is 5.92 Å². The molecule has 2 fully saturated rings. The number of likely N-dealkylation sites (tertiary alicyclic amines) is 1. The van der Waals surface area contributed by atoms with Gasteiger partial charge in [-0.25, -0.2) is 0 Å². The van der Waals surface area contributed by atoms with Crippen molar-refractivity contribution in [2.45, 2.75) is 70.9 Å². The third kappa shape index (κ3) is 5.27. The number of hydrogen-bond acceptors (Lipinski definition) is 3. The summed E-state index contributed by atoms with van der Waals surface area (Å²) in [4.78, 5) is 26.2. The molecular weight excluding hydrogens is 280 g/mol. The maximum Gasteiger partial charge on any atom is 0.223 e. The van der Waals surface area contributed by atoms with Crippen molar-refractivity contribution in [2.75, 3.05) is 19.7 Å². The van der Waals surface area contributed by atoms with Crippen LogP contribution in [0.4, 0.5) is 0 Å². The largest absolute Gasteiger partial charge is 0.378 e. The van der Waals surface area contributed by atoms with Crippen molar-refractivity contribution in [1.29, 1.82) is 0 Å². The molecule has 0 bridgehead atoms. The Bertz CT molecular complexity index is 370. The summed E-state index contributed by atoms with van der Waals surface area (Å²) in [6.45, 7) is 6.21. The van der Waals surface area contributed by atoms with Crippen LogP contribution in [-0.4, -0.2) is 48.6 Å². The van der Waals surface area contributed by atoms with Gasteiger partial charge in [0.2, 0.25) is 11.8 Å². The molecule has 2 saturated heterocycles. The molecule has 2 aliphatic heterocycles. The molecule has 1 N–H and O–H groups in total. The van der Waals surface area contributed by atoms with E-state index in [2.05, 4.69) is 5.32 Å². The first-order valence-electron chi connectivity index (χ1n) is 8.76. The molecule has 0 radical (unpaired) electrons. The van der Waals surface area contributed by atoms with Crippen LogP contribution >= 0.6 is 0 Å². The van der Waals surface area contributed by atoms with Gasteiger partial charge in [-0.2, -0.15) is 0 Å². The Morgan fingerprint density at radius 3 is 2.50 bits per heavy atom. The number of rotatable bonds is 5. The molecule has 2 amide bonds. The summed E-state index contributed by atoms with van der Waals surface area (Å²) in [5.41, 5.74) is 0. The minimum Gasteiger partial charge on any atom is -0.378 e. The SMILES string of the molecule is CC(C)NC(=O)C1CCN(C(=O)CCC2CCCCO2)CC1. The Kier molecular flexibility index (Phi) is 6.68. The van der Waals surface area contributed by atoms with E-state index in [1.165, 1.54) is 6.42 Å². The Hall–Kier alpha value is -1.10. The maximum absolute atomic E-state index is 12.3. The summed E-state index contributed by atoms with van der Waals surface area (Å²) in [6.07, 6.45) is 6.71. The minimum absolute atomic E-state index is 0.0631. The van der Waals surface area contributed by atoms with Gasteiger partial charge in [0, 0.05) is 38.1 Å². The van der Waals surface area contributed by atoms with Crippen molar-refractivity contribution in [1.82, 2.24) is 10.2 Å². The summed E-state index contributed by atoms with van der Waals surface area (Å²) in [7, 11) is 0. The quantitative estimate of drug-likeness (QED) is 0.846. The Balaban J connectivity index is 1.67. The number of amides is 2. The van der Waals surface area contributed by atoms with Gasteiger partial charge in [-0.3, -0.25) is 9.59 Å². The molecule has 0 aromatic carbocycles. The summed E-state index contributed by atoms with van der Waals surface area (Å²) >= 11 is 0. The first kappa shape index (κ1) is 17.3. The summed E-state index contributed by atoms with van der Waals surface area (Å²) in [6, 6.07) is 0.183. The van der Waals surface area contributed by atoms with Crippen molar-refractivity contribution >= 4 is 11.8 Å². The fourth-order valence-electron chi connectivity index (χ4n) is 3.27. The van der Waals surface area contributed by atoms with Gasteiger partial charge in [-0.05, 0) is 52.4 Å². The van der Waals surface area contributed by atoms with E-state index in [1.54, 1.807) is 0 Å². The molecule has 2 aliphatic rings. The standard InChI is InChI=1S/C17H30N2O3/c1-13(2)18-17(21)14-8-10-19(11-9-14)16(20)7-6-15-5-3-4-12-22-15/h13-15H,3-12H2,1-2H3,(H,18,21). The van der Waals surface area contributed by atoms with Crippen LogP contribution < -0.4 is 5.32 Å². The normalized spacial score (nSPS) is 23.6. The number of carbonyl (C=O) groups is 2. The fourth-order valence-corrected chi connectivity index (χ4v) is 3.27. The number of carbonyl (C=O) groups excluding carboxylic acids is 2. The number of ether oxygens (including phenoxy) is 1. The van der Waals surface area contributed by atoms with Crippen LogP contribution in [0.3, 0.4) is 0 Å². The predicted molar refractivity (Wildman–Crippen MR) is 85.4 cm³/mol. The highest BCUT2D eigenvalue weighted by molar-refractivity contribution is 5.80. The number of piperidine rings is 1. The molecule has 0 aromatic rings. The Labute approximate surface area is 133 Å². The second kappa shape index (κ2) is 8.51. The average Bonchev–Trinajstić information content (AvgIpc) is 2.53. The third-order valence-corrected chi connectivity index (χ3v) is 4.60. The van der Waals surface area contributed by atoms with E-state index in [-0.39, 0.29) is 29.9 Å². The summed E-state index contributed by atoms with van der Waals surface area (Å²) < 4.78 is 5.68. The van der Waals surface area contributed by atoms with E-state index in [0.29, 0.717) is 19.5 Å². The van der Waals surface area contributed by atoms with Crippen LogP contribution in [0.5, 0.6) is 0 Å². The third-order valence-electron chi connectivity index (χ3n) is 4.60. The summed E-state index contributed by atoms with van der Waals surface area (Å²) in [5.74, 6) is 0.419. The predicted octanol–water partition coefficient (Wildman–Crippen LogP) is 2.10. The number of nitrogens with one attached hydrogen (secondary N) is 1. The zero-order valence-electron chi connectivity index (χ0n) is 14.0. The van der Waals surface area contributed by atoms with Gasteiger partial charge < -0.3 is 15.0 Å². The lowest BCUT2D eigenvalue weighted by molar-refractivity contribution is -0.136. The first-order valence-corrected chi connectivity index (χ1v) is 8.76. The van der Waals surface area contributed by atoms with Crippen molar-refractivity contribution in [3.05, 3.63) is 0 Å². The zero-order chi connectivity index (χ0) is 15.9. The highest BCUT2D eigenvalue weighted by Gasteiger charge is 2.27. The lowest BCUT2D eigenvalue weighted by atomic mass is 9.95. The molecule has 126 valence electrons. The van der Waals surface area contributed by atoms with E-state index >= 15 is 0 Å². The molecule has 22 heavy (non-hydrogen) atoms. The highest BCUT2D eigenvalue weighted by atomic mass is 16.5. The second-order valence-corrected chi connectivity index (χ2v) is 6.85. The molecule has 5 nitrogen and oxygen atoms in total. The monoisotopic (exact) mass is 310 g/mol. The Morgan fingerprint density at radius 1 is 1.18 bits per heavy atom.